The molecule has 0 atom stereocenters. The van der Waals surface area contributed by atoms with Gasteiger partial charge in [-0.25, -0.2) is 0 Å². The fourth-order valence-corrected chi connectivity index (χ4v) is 1.02. The Morgan fingerprint density at radius 2 is 2.10 bits per heavy atom. The largest absolute Gasteiger partial charge is 0.139 e. The predicted octanol–water partition coefficient (Wildman–Crippen LogP) is 0.816. The molecular weight excluding hydrogens is 119 g/mol. The lowest BCUT2D eigenvalue weighted by Crippen LogP contribution is -2.06. The van der Waals surface area contributed by atoms with E-state index >= 15 is 0 Å². The highest BCUT2D eigenvalue weighted by Crippen LogP contribution is 2.00. The van der Waals surface area contributed by atoms with Gasteiger partial charge in [-0.1, -0.05) is 36.1 Å². The Morgan fingerprint density at radius 1 is 1.40 bits per heavy atom. The predicted molar refractivity (Wildman–Crippen MR) is 48.7 cm³/mol. The monoisotopic (exact) mass is 132 g/mol. The van der Waals surface area contributed by atoms with Crippen LogP contribution in [0.1, 0.15) is 18.1 Å². The second-order valence-electron chi connectivity index (χ2n) is 2.77. The van der Waals surface area contributed by atoms with Crippen LogP contribution in [0.15, 0.2) is 18.2 Å². The minimum absolute atomic E-state index is 1.14. The molecule has 0 aliphatic rings. The van der Waals surface area contributed by atoms with Crippen molar-refractivity contribution in [3.05, 3.63) is 29.3 Å². The molecule has 0 radical (unpaired) electrons. The van der Waals surface area contributed by atoms with Gasteiger partial charge in [-0.3, -0.25) is 0 Å². The van der Waals surface area contributed by atoms with E-state index in [0.717, 1.165) is 6.42 Å². The molecule has 0 saturated heterocycles. The van der Waals surface area contributed by atoms with E-state index in [4.69, 9.17) is 0 Å². The standard InChI is InChI=1S/C9H13B/c1-3-8-4-5-9(10)7(2)6-8/h4-6H,3,10H2,1-2H3. The Kier molecular flexibility index (Phi) is 2.15. The Hall–Kier alpha value is -0.715. The molecule has 1 aromatic rings. The Balaban J connectivity index is 3.04. The van der Waals surface area contributed by atoms with Crippen molar-refractivity contribution < 1.29 is 0 Å². The molecule has 0 bridgehead atoms. The summed E-state index contributed by atoms with van der Waals surface area (Å²) in [4.78, 5) is 0. The lowest BCUT2D eigenvalue weighted by molar-refractivity contribution is 1.13. The normalized spacial score (nSPS) is 9.80. The fraction of sp³-hybridized carbons (Fsp3) is 0.333. The third-order valence-electron chi connectivity index (χ3n) is 1.98. The van der Waals surface area contributed by atoms with Crippen LogP contribution in [0.2, 0.25) is 0 Å². The van der Waals surface area contributed by atoms with E-state index < -0.39 is 0 Å². The van der Waals surface area contributed by atoms with Gasteiger partial charge in [-0.15, -0.1) is 0 Å². The summed E-state index contributed by atoms with van der Waals surface area (Å²) in [6.45, 7) is 4.35. The molecule has 52 valence electrons. The van der Waals surface area contributed by atoms with E-state index in [2.05, 4.69) is 39.9 Å². The van der Waals surface area contributed by atoms with Crippen LogP contribution in [0.3, 0.4) is 0 Å². The first kappa shape index (κ1) is 7.39. The highest BCUT2D eigenvalue weighted by atomic mass is 13.9. The van der Waals surface area contributed by atoms with Crippen molar-refractivity contribution >= 4 is 13.3 Å². The average Bonchev–Trinajstić information content (AvgIpc) is 1.95. The molecule has 1 rings (SSSR count). The maximum Gasteiger partial charge on any atom is 0.139 e. The minimum atomic E-state index is 1.14. The van der Waals surface area contributed by atoms with E-state index in [1.165, 1.54) is 16.6 Å². The number of aryl methyl sites for hydroxylation is 2. The van der Waals surface area contributed by atoms with E-state index in [-0.39, 0.29) is 0 Å². The fourth-order valence-electron chi connectivity index (χ4n) is 1.02. The molecule has 1 heteroatoms. The third-order valence-corrected chi connectivity index (χ3v) is 1.98. The van der Waals surface area contributed by atoms with Gasteiger partial charge >= 0.3 is 0 Å². The number of hydrogen-bond donors (Lipinski definition) is 0. The maximum absolute atomic E-state index is 2.26. The summed E-state index contributed by atoms with van der Waals surface area (Å²) in [6.07, 6.45) is 1.14. The van der Waals surface area contributed by atoms with Gasteiger partial charge < -0.3 is 0 Å². The topological polar surface area (TPSA) is 0 Å². The Bertz CT molecular complexity index is 228. The summed E-state index contributed by atoms with van der Waals surface area (Å²) in [5, 5.41) is 0. The molecule has 0 amide bonds. The molecule has 0 aliphatic heterocycles. The van der Waals surface area contributed by atoms with Crippen molar-refractivity contribution in [1.82, 2.24) is 0 Å². The van der Waals surface area contributed by atoms with Crippen LogP contribution in [0, 0.1) is 6.92 Å². The van der Waals surface area contributed by atoms with Crippen LogP contribution < -0.4 is 5.46 Å². The molecule has 0 spiro atoms. The molecule has 1 aromatic carbocycles. The molecule has 0 N–H and O–H groups in total. The van der Waals surface area contributed by atoms with Crippen LogP contribution in [0.5, 0.6) is 0 Å². The number of hydrogen-bond acceptors (Lipinski definition) is 0. The van der Waals surface area contributed by atoms with Crippen LogP contribution in [0.4, 0.5) is 0 Å². The van der Waals surface area contributed by atoms with Crippen LogP contribution in [0.25, 0.3) is 0 Å². The SMILES string of the molecule is Bc1ccc(CC)cc1C. The van der Waals surface area contributed by atoms with Crippen molar-refractivity contribution in [1.29, 1.82) is 0 Å². The van der Waals surface area contributed by atoms with Crippen LogP contribution >= 0.6 is 0 Å². The second kappa shape index (κ2) is 2.91. The smallest absolute Gasteiger partial charge is 0.0861 e. The molecule has 0 nitrogen and oxygen atoms in total. The van der Waals surface area contributed by atoms with Gasteiger partial charge in [0.1, 0.15) is 7.85 Å². The molecule has 10 heavy (non-hydrogen) atoms. The van der Waals surface area contributed by atoms with E-state index in [9.17, 15) is 0 Å². The molecule has 0 fully saturated rings. The minimum Gasteiger partial charge on any atom is -0.0861 e. The van der Waals surface area contributed by atoms with Gasteiger partial charge in [0.25, 0.3) is 0 Å². The molecule has 0 unspecified atom stereocenters. The number of benzene rings is 1. The zero-order chi connectivity index (χ0) is 7.56. The Morgan fingerprint density at radius 3 is 2.60 bits per heavy atom. The maximum atomic E-state index is 2.26. The third kappa shape index (κ3) is 1.41. The van der Waals surface area contributed by atoms with Crippen molar-refractivity contribution in [2.45, 2.75) is 20.3 Å². The summed E-state index contributed by atoms with van der Waals surface area (Å²) in [5.41, 5.74) is 4.22. The van der Waals surface area contributed by atoms with Gasteiger partial charge in [0.05, 0.1) is 0 Å². The summed E-state index contributed by atoms with van der Waals surface area (Å²) in [7, 11) is 2.15. The van der Waals surface area contributed by atoms with Crippen molar-refractivity contribution in [3.63, 3.8) is 0 Å². The summed E-state index contributed by atoms with van der Waals surface area (Å²) in [6, 6.07) is 6.64. The van der Waals surface area contributed by atoms with Crippen molar-refractivity contribution in [2.75, 3.05) is 0 Å². The molecule has 0 heterocycles. The summed E-state index contributed by atoms with van der Waals surface area (Å²) in [5.74, 6) is 0. The first-order valence-electron chi connectivity index (χ1n) is 3.80. The van der Waals surface area contributed by atoms with E-state index in [1.807, 2.05) is 0 Å². The van der Waals surface area contributed by atoms with Crippen LogP contribution in [-0.2, 0) is 6.42 Å². The highest BCUT2D eigenvalue weighted by Gasteiger charge is 1.92. The quantitative estimate of drug-likeness (QED) is 0.496. The van der Waals surface area contributed by atoms with Crippen LogP contribution in [-0.4, -0.2) is 7.85 Å². The van der Waals surface area contributed by atoms with Gasteiger partial charge in [0.15, 0.2) is 0 Å². The van der Waals surface area contributed by atoms with Crippen molar-refractivity contribution in [2.24, 2.45) is 0 Å². The summed E-state index contributed by atoms with van der Waals surface area (Å²) < 4.78 is 0. The second-order valence-corrected chi connectivity index (χ2v) is 2.77. The van der Waals surface area contributed by atoms with Gasteiger partial charge in [0.2, 0.25) is 0 Å². The molecular formula is C9H13B. The first-order chi connectivity index (χ1) is 4.74. The Labute approximate surface area is 63.7 Å². The average molecular weight is 132 g/mol. The van der Waals surface area contributed by atoms with E-state index in [1.54, 1.807) is 0 Å². The van der Waals surface area contributed by atoms with Gasteiger partial charge in [0, 0.05) is 0 Å². The lowest BCUT2D eigenvalue weighted by atomic mass is 9.90. The zero-order valence-corrected chi connectivity index (χ0v) is 6.94. The summed E-state index contributed by atoms with van der Waals surface area (Å²) >= 11 is 0. The molecule has 0 aromatic heterocycles. The lowest BCUT2D eigenvalue weighted by Gasteiger charge is -2.01. The zero-order valence-electron chi connectivity index (χ0n) is 6.94. The molecule has 0 aliphatic carbocycles. The van der Waals surface area contributed by atoms with Gasteiger partial charge in [-0.05, 0) is 18.9 Å². The molecule has 0 saturated carbocycles. The first-order valence-corrected chi connectivity index (χ1v) is 3.80. The highest BCUT2D eigenvalue weighted by molar-refractivity contribution is 6.33. The van der Waals surface area contributed by atoms with Gasteiger partial charge in [-0.2, -0.15) is 0 Å². The van der Waals surface area contributed by atoms with Crippen molar-refractivity contribution in [3.8, 4) is 0 Å². The van der Waals surface area contributed by atoms with E-state index in [0.29, 0.717) is 0 Å². The number of rotatable bonds is 1.